The van der Waals surface area contributed by atoms with E-state index in [1.54, 1.807) is 12.1 Å². The van der Waals surface area contributed by atoms with Crippen LogP contribution in [0.4, 0.5) is 5.95 Å². The lowest BCUT2D eigenvalue weighted by Crippen LogP contribution is -2.22. The highest BCUT2D eigenvalue weighted by atomic mass is 35.5. The van der Waals surface area contributed by atoms with Crippen LogP contribution in [0, 0.1) is 5.92 Å². The molecule has 8 nitrogen and oxygen atoms in total. The van der Waals surface area contributed by atoms with Gasteiger partial charge in [-0.2, -0.15) is 0 Å². The summed E-state index contributed by atoms with van der Waals surface area (Å²) in [5.74, 6) is 1.11. The number of anilines is 1. The van der Waals surface area contributed by atoms with Gasteiger partial charge in [0.05, 0.1) is 17.0 Å². The number of fused-ring (bicyclic) bond motifs is 1. The van der Waals surface area contributed by atoms with E-state index in [2.05, 4.69) is 25.5 Å². The van der Waals surface area contributed by atoms with Crippen LogP contribution in [-0.2, 0) is 17.8 Å². The molecule has 4 rings (SSSR count). The van der Waals surface area contributed by atoms with E-state index in [9.17, 15) is 9.59 Å². The van der Waals surface area contributed by atoms with Crippen molar-refractivity contribution in [2.45, 2.75) is 38.4 Å². The maximum absolute atomic E-state index is 12.4. The van der Waals surface area contributed by atoms with Crippen molar-refractivity contribution in [1.29, 1.82) is 0 Å². The summed E-state index contributed by atoms with van der Waals surface area (Å²) in [6.07, 6.45) is 2.72. The zero-order valence-electron chi connectivity index (χ0n) is 17.1. The average molecular weight is 457 g/mol. The van der Waals surface area contributed by atoms with Crippen LogP contribution in [0.5, 0.6) is 0 Å². The molecule has 10 heteroatoms. The molecular formula is C21H21ClN6O2S. The number of nitrogens with one attached hydrogen (secondary N) is 1. The van der Waals surface area contributed by atoms with Crippen LogP contribution >= 0.6 is 23.4 Å². The number of carbonyl (C=O) groups excluding carboxylic acids is 2. The van der Waals surface area contributed by atoms with Crippen LogP contribution in [0.15, 0.2) is 35.6 Å². The molecule has 31 heavy (non-hydrogen) atoms. The molecule has 0 fully saturated rings. The van der Waals surface area contributed by atoms with Gasteiger partial charge in [0.2, 0.25) is 11.9 Å². The zero-order valence-corrected chi connectivity index (χ0v) is 18.7. The van der Waals surface area contributed by atoms with Crippen molar-refractivity contribution in [2.24, 2.45) is 5.92 Å². The summed E-state index contributed by atoms with van der Waals surface area (Å²) in [5.41, 5.74) is 2.15. The van der Waals surface area contributed by atoms with E-state index in [0.717, 1.165) is 11.4 Å². The Bertz CT molecular complexity index is 1130. The first-order valence-corrected chi connectivity index (χ1v) is 11.3. The lowest BCUT2D eigenvalue weighted by Gasteiger charge is -2.19. The second kappa shape index (κ2) is 9.15. The summed E-state index contributed by atoms with van der Waals surface area (Å²) in [6.45, 7) is 4.67. The molecule has 2 aromatic heterocycles. The summed E-state index contributed by atoms with van der Waals surface area (Å²) in [4.78, 5) is 33.0. The van der Waals surface area contributed by atoms with Crippen molar-refractivity contribution in [3.05, 3.63) is 46.7 Å². The number of aromatic nitrogens is 5. The number of thioether (sulfide) groups is 1. The SMILES string of the molecule is CCn1c(SCC(=O)Nc2ncc3c(n2)C[C@H](C)CC3=O)nnc1-c1ccc(Cl)cc1. The van der Waals surface area contributed by atoms with Gasteiger partial charge in [-0.3, -0.25) is 14.9 Å². The first-order chi connectivity index (χ1) is 14.9. The number of hydrogen-bond acceptors (Lipinski definition) is 7. The smallest absolute Gasteiger partial charge is 0.237 e. The molecule has 1 aromatic carbocycles. The van der Waals surface area contributed by atoms with E-state index in [0.29, 0.717) is 40.8 Å². The third-order valence-electron chi connectivity index (χ3n) is 4.96. The van der Waals surface area contributed by atoms with Gasteiger partial charge in [0, 0.05) is 29.7 Å². The number of halogens is 1. The number of benzene rings is 1. The number of hydrogen-bond donors (Lipinski definition) is 1. The van der Waals surface area contributed by atoms with E-state index in [-0.39, 0.29) is 29.3 Å². The van der Waals surface area contributed by atoms with E-state index in [4.69, 9.17) is 11.6 Å². The fraction of sp³-hybridized carbons (Fsp3) is 0.333. The molecule has 1 aliphatic rings. The highest BCUT2D eigenvalue weighted by Gasteiger charge is 2.24. The minimum atomic E-state index is -0.251. The number of nitrogens with zero attached hydrogens (tertiary/aromatic N) is 5. The van der Waals surface area contributed by atoms with Crippen molar-refractivity contribution >= 4 is 41.0 Å². The molecular weight excluding hydrogens is 436 g/mol. The van der Waals surface area contributed by atoms with E-state index in [1.165, 1.54) is 18.0 Å². The van der Waals surface area contributed by atoms with Crippen LogP contribution in [0.25, 0.3) is 11.4 Å². The third kappa shape index (κ3) is 4.77. The average Bonchev–Trinajstić information content (AvgIpc) is 3.15. The molecule has 3 aromatic rings. The van der Waals surface area contributed by atoms with Crippen molar-refractivity contribution in [2.75, 3.05) is 11.1 Å². The van der Waals surface area contributed by atoms with Crippen LogP contribution < -0.4 is 5.32 Å². The van der Waals surface area contributed by atoms with Crippen molar-refractivity contribution < 1.29 is 9.59 Å². The normalized spacial score (nSPS) is 15.6. The minimum Gasteiger partial charge on any atom is -0.302 e. The minimum absolute atomic E-state index is 0.0533. The molecule has 0 spiro atoms. The number of rotatable bonds is 6. The largest absolute Gasteiger partial charge is 0.302 e. The Morgan fingerprint density at radius 3 is 2.77 bits per heavy atom. The maximum atomic E-state index is 12.4. The Morgan fingerprint density at radius 2 is 2.03 bits per heavy atom. The lowest BCUT2D eigenvalue weighted by molar-refractivity contribution is -0.113. The zero-order chi connectivity index (χ0) is 22.0. The highest BCUT2D eigenvalue weighted by Crippen LogP contribution is 2.26. The van der Waals surface area contributed by atoms with Gasteiger partial charge in [-0.25, -0.2) is 9.97 Å². The van der Waals surface area contributed by atoms with Crippen LogP contribution in [0.2, 0.25) is 5.02 Å². The van der Waals surface area contributed by atoms with Gasteiger partial charge >= 0.3 is 0 Å². The molecule has 1 aliphatic carbocycles. The second-order valence-electron chi connectivity index (χ2n) is 7.38. The first kappa shape index (κ1) is 21.5. The molecule has 0 saturated heterocycles. The van der Waals surface area contributed by atoms with Gasteiger partial charge in [0.1, 0.15) is 0 Å². The van der Waals surface area contributed by atoms with Crippen LogP contribution in [0.1, 0.15) is 36.3 Å². The first-order valence-electron chi connectivity index (χ1n) is 9.95. The fourth-order valence-electron chi connectivity index (χ4n) is 3.48. The Morgan fingerprint density at radius 1 is 1.26 bits per heavy atom. The standard InChI is InChI=1S/C21H21ClN6O2S/c1-3-28-19(13-4-6-14(22)7-5-13)26-27-21(28)31-11-18(30)25-20-23-10-15-16(24-20)8-12(2)9-17(15)29/h4-7,10,12H,3,8-9,11H2,1-2H3,(H,23,24,25,30)/t12-/m0/s1. The Hall–Kier alpha value is -2.78. The quantitative estimate of drug-likeness (QED) is 0.561. The predicted molar refractivity (Wildman–Crippen MR) is 119 cm³/mol. The molecule has 0 aliphatic heterocycles. The fourth-order valence-corrected chi connectivity index (χ4v) is 4.41. The predicted octanol–water partition coefficient (Wildman–Crippen LogP) is 3.90. The number of Topliss-reactive ketones (excluding diaryl/α,β-unsaturated/α-hetero) is 1. The summed E-state index contributed by atoms with van der Waals surface area (Å²) >= 11 is 7.25. The number of ketones is 1. The molecule has 1 atom stereocenters. The van der Waals surface area contributed by atoms with E-state index < -0.39 is 0 Å². The highest BCUT2D eigenvalue weighted by molar-refractivity contribution is 7.99. The number of carbonyl (C=O) groups is 2. The van der Waals surface area contributed by atoms with Gasteiger partial charge in [0.25, 0.3) is 0 Å². The lowest BCUT2D eigenvalue weighted by atomic mass is 9.88. The van der Waals surface area contributed by atoms with E-state index >= 15 is 0 Å². The molecule has 1 amide bonds. The van der Waals surface area contributed by atoms with Crippen molar-refractivity contribution in [1.82, 2.24) is 24.7 Å². The van der Waals surface area contributed by atoms with Gasteiger partial charge < -0.3 is 4.57 Å². The monoisotopic (exact) mass is 456 g/mol. The van der Waals surface area contributed by atoms with Crippen molar-refractivity contribution in [3.63, 3.8) is 0 Å². The molecule has 2 heterocycles. The topological polar surface area (TPSA) is 103 Å². The molecule has 0 unspecified atom stereocenters. The Kier molecular flexibility index (Phi) is 6.33. The van der Waals surface area contributed by atoms with E-state index in [1.807, 2.05) is 30.5 Å². The van der Waals surface area contributed by atoms with Crippen molar-refractivity contribution in [3.8, 4) is 11.4 Å². The van der Waals surface area contributed by atoms with Gasteiger partial charge in [-0.05, 0) is 43.5 Å². The number of amides is 1. The van der Waals surface area contributed by atoms with Crippen LogP contribution in [-0.4, -0.2) is 42.2 Å². The molecule has 0 radical (unpaired) electrons. The molecule has 1 N–H and O–H groups in total. The van der Waals surface area contributed by atoms with Gasteiger partial charge in [0.15, 0.2) is 16.8 Å². The molecule has 160 valence electrons. The van der Waals surface area contributed by atoms with Gasteiger partial charge in [-0.1, -0.05) is 30.3 Å². The summed E-state index contributed by atoms with van der Waals surface area (Å²) in [7, 11) is 0. The second-order valence-corrected chi connectivity index (χ2v) is 8.76. The molecule has 0 bridgehead atoms. The summed E-state index contributed by atoms with van der Waals surface area (Å²) < 4.78 is 1.95. The summed E-state index contributed by atoms with van der Waals surface area (Å²) in [5, 5.41) is 12.5. The maximum Gasteiger partial charge on any atom is 0.237 e. The Balaban J connectivity index is 1.42. The third-order valence-corrected chi connectivity index (χ3v) is 6.18. The van der Waals surface area contributed by atoms with Gasteiger partial charge in [-0.15, -0.1) is 10.2 Å². The Labute approximate surface area is 188 Å². The van der Waals surface area contributed by atoms with Crippen LogP contribution in [0.3, 0.4) is 0 Å². The molecule has 0 saturated carbocycles. The summed E-state index contributed by atoms with van der Waals surface area (Å²) in [6, 6.07) is 7.38.